The van der Waals surface area contributed by atoms with Gasteiger partial charge in [0.15, 0.2) is 5.13 Å². The number of anilines is 1. The Bertz CT molecular complexity index is 717. The molecule has 0 aromatic carbocycles. The zero-order chi connectivity index (χ0) is 17.1. The third-order valence-electron chi connectivity index (χ3n) is 4.12. The summed E-state index contributed by atoms with van der Waals surface area (Å²) in [6, 6.07) is 0. The largest absolute Gasteiger partial charge is 0.462 e. The lowest BCUT2D eigenvalue weighted by molar-refractivity contribution is 0.0526. The van der Waals surface area contributed by atoms with Crippen molar-refractivity contribution in [1.82, 2.24) is 9.97 Å². The molecule has 0 bridgehead atoms. The molecule has 7 heteroatoms. The van der Waals surface area contributed by atoms with Crippen LogP contribution < -0.4 is 5.32 Å². The number of aromatic amines is 1. The Labute approximate surface area is 145 Å². The molecule has 1 atom stereocenters. The quantitative estimate of drug-likeness (QED) is 0.780. The van der Waals surface area contributed by atoms with Crippen LogP contribution in [-0.2, 0) is 9.47 Å². The second-order valence-corrected chi connectivity index (χ2v) is 6.76. The van der Waals surface area contributed by atoms with Gasteiger partial charge in [-0.1, -0.05) is 0 Å². The molecule has 130 valence electrons. The van der Waals surface area contributed by atoms with Crippen LogP contribution in [0.1, 0.15) is 41.5 Å². The summed E-state index contributed by atoms with van der Waals surface area (Å²) in [7, 11) is 0. The van der Waals surface area contributed by atoms with Crippen molar-refractivity contribution >= 4 is 22.4 Å². The van der Waals surface area contributed by atoms with Crippen molar-refractivity contribution < 1.29 is 14.3 Å². The van der Waals surface area contributed by atoms with Crippen molar-refractivity contribution in [1.29, 1.82) is 0 Å². The normalized spacial score (nSPS) is 17.2. The van der Waals surface area contributed by atoms with Crippen molar-refractivity contribution in [2.75, 3.05) is 25.1 Å². The molecule has 2 N–H and O–H groups in total. The predicted octanol–water partition coefficient (Wildman–Crippen LogP) is 3.52. The molecule has 1 fully saturated rings. The standard InChI is InChI=1S/C17H23N3O3S/c1-4-22-16(21)15-11(3)19-10(2)14(15)13-9-24-17(20-13)18-8-12-6-5-7-23-12/h9,12,19H,4-8H2,1-3H3,(H,18,20)/t12-/m1/s1. The fourth-order valence-corrected chi connectivity index (χ4v) is 3.75. The van der Waals surface area contributed by atoms with Gasteiger partial charge in [0.25, 0.3) is 0 Å². The van der Waals surface area contributed by atoms with E-state index in [1.54, 1.807) is 0 Å². The predicted molar refractivity (Wildman–Crippen MR) is 94.8 cm³/mol. The van der Waals surface area contributed by atoms with E-state index >= 15 is 0 Å². The van der Waals surface area contributed by atoms with E-state index in [0.717, 1.165) is 53.8 Å². The van der Waals surface area contributed by atoms with Crippen LogP contribution in [0.5, 0.6) is 0 Å². The first-order valence-corrected chi connectivity index (χ1v) is 9.15. The van der Waals surface area contributed by atoms with Crippen LogP contribution in [0.4, 0.5) is 5.13 Å². The third kappa shape index (κ3) is 3.47. The number of thiazole rings is 1. The lowest BCUT2D eigenvalue weighted by Gasteiger charge is -2.09. The number of hydrogen-bond donors (Lipinski definition) is 2. The van der Waals surface area contributed by atoms with Gasteiger partial charge in [0, 0.05) is 35.5 Å². The van der Waals surface area contributed by atoms with E-state index in [2.05, 4.69) is 15.3 Å². The van der Waals surface area contributed by atoms with Crippen molar-refractivity contribution in [3.05, 3.63) is 22.3 Å². The van der Waals surface area contributed by atoms with Crippen LogP contribution >= 0.6 is 11.3 Å². The van der Waals surface area contributed by atoms with Gasteiger partial charge in [-0.05, 0) is 33.6 Å². The molecule has 24 heavy (non-hydrogen) atoms. The number of carbonyl (C=O) groups excluding carboxylic acids is 1. The average Bonchev–Trinajstić information content (AvgIpc) is 3.25. The molecule has 3 rings (SSSR count). The maximum atomic E-state index is 12.3. The summed E-state index contributed by atoms with van der Waals surface area (Å²) in [5.41, 5.74) is 3.92. The summed E-state index contributed by atoms with van der Waals surface area (Å²) >= 11 is 1.54. The van der Waals surface area contributed by atoms with Crippen LogP contribution in [0.25, 0.3) is 11.3 Å². The van der Waals surface area contributed by atoms with E-state index < -0.39 is 0 Å². The number of hydrogen-bond acceptors (Lipinski definition) is 6. The third-order valence-corrected chi connectivity index (χ3v) is 4.92. The molecule has 1 aliphatic heterocycles. The van der Waals surface area contributed by atoms with Crippen LogP contribution in [-0.4, -0.2) is 41.8 Å². The number of H-pyrrole nitrogens is 1. The molecule has 0 saturated carbocycles. The average molecular weight is 349 g/mol. The lowest BCUT2D eigenvalue weighted by atomic mass is 10.1. The Balaban J connectivity index is 1.80. The Morgan fingerprint density at radius 1 is 1.50 bits per heavy atom. The summed E-state index contributed by atoms with van der Waals surface area (Å²) in [6.07, 6.45) is 2.48. The van der Waals surface area contributed by atoms with Gasteiger partial charge >= 0.3 is 5.97 Å². The molecule has 0 aliphatic carbocycles. The maximum absolute atomic E-state index is 12.3. The number of nitrogens with one attached hydrogen (secondary N) is 2. The van der Waals surface area contributed by atoms with Crippen LogP contribution in [0.3, 0.4) is 0 Å². The fraction of sp³-hybridized carbons (Fsp3) is 0.529. The Morgan fingerprint density at radius 2 is 2.33 bits per heavy atom. The van der Waals surface area contributed by atoms with E-state index in [1.165, 1.54) is 11.3 Å². The molecule has 6 nitrogen and oxygen atoms in total. The Kier molecular flexibility index (Phi) is 5.20. The van der Waals surface area contributed by atoms with Gasteiger partial charge in [0.05, 0.1) is 24.0 Å². The highest BCUT2D eigenvalue weighted by Gasteiger charge is 2.23. The highest BCUT2D eigenvalue weighted by atomic mass is 32.1. The van der Waals surface area contributed by atoms with Crippen LogP contribution in [0.15, 0.2) is 5.38 Å². The summed E-state index contributed by atoms with van der Waals surface area (Å²) in [5.74, 6) is -0.309. The van der Waals surface area contributed by atoms with Gasteiger partial charge in [0.1, 0.15) is 0 Å². The molecular weight excluding hydrogens is 326 g/mol. The van der Waals surface area contributed by atoms with Gasteiger partial charge in [-0.25, -0.2) is 9.78 Å². The minimum absolute atomic E-state index is 0.267. The Hall–Kier alpha value is -1.86. The van der Waals surface area contributed by atoms with Crippen molar-refractivity contribution in [2.24, 2.45) is 0 Å². The summed E-state index contributed by atoms with van der Waals surface area (Å²) in [4.78, 5) is 20.1. The molecule has 0 unspecified atom stereocenters. The number of carbonyl (C=O) groups is 1. The number of nitrogens with zero attached hydrogens (tertiary/aromatic N) is 1. The van der Waals surface area contributed by atoms with Crippen molar-refractivity contribution in [2.45, 2.75) is 39.7 Å². The van der Waals surface area contributed by atoms with Gasteiger partial charge < -0.3 is 19.8 Å². The number of rotatable bonds is 6. The summed E-state index contributed by atoms with van der Waals surface area (Å²) in [5, 5.41) is 6.14. The second-order valence-electron chi connectivity index (χ2n) is 5.90. The van der Waals surface area contributed by atoms with E-state index in [9.17, 15) is 4.79 Å². The number of ether oxygens (including phenoxy) is 2. The number of aromatic nitrogens is 2. The molecule has 2 aromatic heterocycles. The monoisotopic (exact) mass is 349 g/mol. The first-order valence-electron chi connectivity index (χ1n) is 8.27. The van der Waals surface area contributed by atoms with Crippen molar-refractivity contribution in [3.63, 3.8) is 0 Å². The molecule has 0 spiro atoms. The molecule has 1 aliphatic rings. The molecule has 3 heterocycles. The minimum atomic E-state index is -0.309. The van der Waals surface area contributed by atoms with Crippen molar-refractivity contribution in [3.8, 4) is 11.3 Å². The van der Waals surface area contributed by atoms with E-state index in [0.29, 0.717) is 12.2 Å². The SMILES string of the molecule is CCOC(=O)c1c(C)[nH]c(C)c1-c1csc(NC[C@H]2CCCO2)n1. The lowest BCUT2D eigenvalue weighted by Crippen LogP contribution is -2.18. The van der Waals surface area contributed by atoms with Crippen LogP contribution in [0, 0.1) is 13.8 Å². The summed E-state index contributed by atoms with van der Waals surface area (Å²) < 4.78 is 10.8. The van der Waals surface area contributed by atoms with Gasteiger partial charge in [-0.2, -0.15) is 0 Å². The molecule has 0 amide bonds. The van der Waals surface area contributed by atoms with Crippen LogP contribution in [0.2, 0.25) is 0 Å². The first kappa shape index (κ1) is 17.0. The van der Waals surface area contributed by atoms with Gasteiger partial charge in [-0.3, -0.25) is 0 Å². The molecule has 0 radical (unpaired) electrons. The minimum Gasteiger partial charge on any atom is -0.462 e. The van der Waals surface area contributed by atoms with E-state index in [4.69, 9.17) is 9.47 Å². The topological polar surface area (TPSA) is 76.2 Å². The Morgan fingerprint density at radius 3 is 3.04 bits per heavy atom. The van der Waals surface area contributed by atoms with E-state index in [1.807, 2.05) is 26.2 Å². The second kappa shape index (κ2) is 7.36. The highest BCUT2D eigenvalue weighted by molar-refractivity contribution is 7.14. The molecule has 1 saturated heterocycles. The van der Waals surface area contributed by atoms with Gasteiger partial charge in [0.2, 0.25) is 0 Å². The molecule has 2 aromatic rings. The smallest absolute Gasteiger partial charge is 0.340 e. The van der Waals surface area contributed by atoms with E-state index in [-0.39, 0.29) is 12.1 Å². The highest BCUT2D eigenvalue weighted by Crippen LogP contribution is 2.33. The fourth-order valence-electron chi connectivity index (χ4n) is 3.04. The van der Waals surface area contributed by atoms with Gasteiger partial charge in [-0.15, -0.1) is 11.3 Å². The summed E-state index contributed by atoms with van der Waals surface area (Å²) in [6.45, 7) is 7.61. The zero-order valence-corrected chi connectivity index (χ0v) is 15.1. The molecular formula is C17H23N3O3S. The number of esters is 1. The number of aryl methyl sites for hydroxylation is 2. The first-order chi connectivity index (χ1) is 11.6. The maximum Gasteiger partial charge on any atom is 0.340 e. The zero-order valence-electron chi connectivity index (χ0n) is 14.3.